The van der Waals surface area contributed by atoms with Crippen molar-refractivity contribution in [3.05, 3.63) is 64.7 Å². The van der Waals surface area contributed by atoms with Gasteiger partial charge in [0.25, 0.3) is 5.91 Å². The van der Waals surface area contributed by atoms with Gasteiger partial charge in [-0.25, -0.2) is 8.78 Å². The molecular formula is C16H14F2N2O. The number of fused-ring (bicyclic) bond motifs is 1. The van der Waals surface area contributed by atoms with Crippen LogP contribution in [0.1, 0.15) is 21.5 Å². The number of nitrogens with two attached hydrogens (primary N) is 1. The van der Waals surface area contributed by atoms with E-state index in [0.717, 1.165) is 23.3 Å². The molecule has 0 saturated heterocycles. The van der Waals surface area contributed by atoms with E-state index >= 15 is 0 Å². The first kappa shape index (κ1) is 13.5. The molecule has 0 aromatic heterocycles. The van der Waals surface area contributed by atoms with E-state index in [0.29, 0.717) is 25.2 Å². The van der Waals surface area contributed by atoms with Gasteiger partial charge in [0.15, 0.2) is 11.6 Å². The molecule has 1 aliphatic heterocycles. The van der Waals surface area contributed by atoms with Crippen molar-refractivity contribution in [1.82, 2.24) is 4.90 Å². The molecule has 2 aromatic carbocycles. The van der Waals surface area contributed by atoms with Crippen LogP contribution in [0.25, 0.3) is 0 Å². The molecule has 0 bridgehead atoms. The van der Waals surface area contributed by atoms with Crippen LogP contribution in [0, 0.1) is 11.6 Å². The van der Waals surface area contributed by atoms with Gasteiger partial charge < -0.3 is 10.6 Å². The third-order valence-electron chi connectivity index (χ3n) is 3.76. The Balaban J connectivity index is 1.87. The second kappa shape index (κ2) is 5.16. The van der Waals surface area contributed by atoms with Gasteiger partial charge in [-0.15, -0.1) is 0 Å². The topological polar surface area (TPSA) is 46.3 Å². The fourth-order valence-corrected chi connectivity index (χ4v) is 2.59. The lowest BCUT2D eigenvalue weighted by atomic mass is 9.97. The predicted molar refractivity (Wildman–Crippen MR) is 75.7 cm³/mol. The summed E-state index contributed by atoms with van der Waals surface area (Å²) in [4.78, 5) is 14.0. The Morgan fingerprint density at radius 1 is 1.14 bits per heavy atom. The van der Waals surface area contributed by atoms with Gasteiger partial charge in [0, 0.05) is 24.3 Å². The number of carbonyl (C=O) groups excluding carboxylic acids is 1. The second-order valence-electron chi connectivity index (χ2n) is 5.09. The molecular weight excluding hydrogens is 274 g/mol. The summed E-state index contributed by atoms with van der Waals surface area (Å²) in [7, 11) is 0. The summed E-state index contributed by atoms with van der Waals surface area (Å²) in [5.74, 6) is -2.29. The van der Waals surface area contributed by atoms with E-state index in [1.165, 1.54) is 6.07 Å². The zero-order valence-corrected chi connectivity index (χ0v) is 11.3. The van der Waals surface area contributed by atoms with E-state index in [2.05, 4.69) is 0 Å². The number of amides is 1. The summed E-state index contributed by atoms with van der Waals surface area (Å²) in [6.07, 6.45) is 0.704. The summed E-state index contributed by atoms with van der Waals surface area (Å²) in [5, 5.41) is 0. The fourth-order valence-electron chi connectivity index (χ4n) is 2.59. The average Bonchev–Trinajstić information content (AvgIpc) is 2.49. The van der Waals surface area contributed by atoms with Crippen molar-refractivity contribution >= 4 is 11.6 Å². The van der Waals surface area contributed by atoms with Crippen LogP contribution in [0.5, 0.6) is 0 Å². The first-order chi connectivity index (χ1) is 10.1. The molecule has 21 heavy (non-hydrogen) atoms. The van der Waals surface area contributed by atoms with E-state index < -0.39 is 11.6 Å². The molecule has 0 spiro atoms. The number of hydrogen-bond donors (Lipinski definition) is 1. The number of benzene rings is 2. The molecule has 0 radical (unpaired) electrons. The quantitative estimate of drug-likeness (QED) is 0.820. The number of hydrogen-bond acceptors (Lipinski definition) is 2. The van der Waals surface area contributed by atoms with E-state index in [1.807, 2.05) is 12.1 Å². The normalized spacial score (nSPS) is 13.9. The Kier molecular flexibility index (Phi) is 3.33. The SMILES string of the molecule is Nc1cccc2c1CN(C(=O)c1ccc(F)c(F)c1)CC2. The molecule has 3 nitrogen and oxygen atoms in total. The standard InChI is InChI=1S/C16H14F2N2O/c17-13-5-4-11(8-14(13)18)16(21)20-7-6-10-2-1-3-15(19)12(10)9-20/h1-5,8H,6-7,9,19H2. The van der Waals surface area contributed by atoms with Gasteiger partial charge in [-0.3, -0.25) is 4.79 Å². The van der Waals surface area contributed by atoms with Gasteiger partial charge in [-0.05, 0) is 41.8 Å². The molecule has 3 rings (SSSR count). The first-order valence-electron chi connectivity index (χ1n) is 6.67. The maximum atomic E-state index is 13.2. The lowest BCUT2D eigenvalue weighted by molar-refractivity contribution is 0.0734. The Morgan fingerprint density at radius 2 is 1.95 bits per heavy atom. The van der Waals surface area contributed by atoms with Crippen molar-refractivity contribution in [1.29, 1.82) is 0 Å². The van der Waals surface area contributed by atoms with Gasteiger partial charge >= 0.3 is 0 Å². The van der Waals surface area contributed by atoms with Crippen LogP contribution in [0.2, 0.25) is 0 Å². The molecule has 2 aromatic rings. The van der Waals surface area contributed by atoms with Crippen LogP contribution >= 0.6 is 0 Å². The highest BCUT2D eigenvalue weighted by Gasteiger charge is 2.23. The molecule has 0 unspecified atom stereocenters. The van der Waals surface area contributed by atoms with Crippen molar-refractivity contribution in [3.8, 4) is 0 Å². The highest BCUT2D eigenvalue weighted by molar-refractivity contribution is 5.94. The molecule has 2 N–H and O–H groups in total. The van der Waals surface area contributed by atoms with Gasteiger partial charge in [-0.2, -0.15) is 0 Å². The number of rotatable bonds is 1. The number of halogens is 2. The minimum atomic E-state index is -1.02. The lowest BCUT2D eigenvalue weighted by Gasteiger charge is -2.29. The van der Waals surface area contributed by atoms with Crippen LogP contribution in [-0.2, 0) is 13.0 Å². The average molecular weight is 288 g/mol. The van der Waals surface area contributed by atoms with Gasteiger partial charge in [-0.1, -0.05) is 12.1 Å². The molecule has 108 valence electrons. The lowest BCUT2D eigenvalue weighted by Crippen LogP contribution is -2.36. The van der Waals surface area contributed by atoms with E-state index in [4.69, 9.17) is 5.73 Å². The molecule has 1 heterocycles. The molecule has 0 aliphatic carbocycles. The van der Waals surface area contributed by atoms with Crippen molar-refractivity contribution in [2.45, 2.75) is 13.0 Å². The summed E-state index contributed by atoms with van der Waals surface area (Å²) < 4.78 is 26.2. The maximum absolute atomic E-state index is 13.2. The molecule has 0 atom stereocenters. The van der Waals surface area contributed by atoms with Crippen molar-refractivity contribution in [2.24, 2.45) is 0 Å². The highest BCUT2D eigenvalue weighted by Crippen LogP contribution is 2.25. The van der Waals surface area contributed by atoms with Crippen molar-refractivity contribution in [2.75, 3.05) is 12.3 Å². The molecule has 5 heteroatoms. The Labute approximate surface area is 121 Å². The molecule has 0 fully saturated rings. The minimum absolute atomic E-state index is 0.145. The molecule has 0 saturated carbocycles. The summed E-state index contributed by atoms with van der Waals surface area (Å²) >= 11 is 0. The molecule has 1 amide bonds. The zero-order chi connectivity index (χ0) is 15.0. The number of carbonyl (C=O) groups is 1. The van der Waals surface area contributed by atoms with Crippen LogP contribution in [0.3, 0.4) is 0 Å². The summed E-state index contributed by atoms with van der Waals surface area (Å²) in [6, 6.07) is 8.87. The van der Waals surface area contributed by atoms with Crippen LogP contribution in [-0.4, -0.2) is 17.4 Å². The van der Waals surface area contributed by atoms with Crippen molar-refractivity contribution in [3.63, 3.8) is 0 Å². The summed E-state index contributed by atoms with van der Waals surface area (Å²) in [6.45, 7) is 0.925. The Bertz CT molecular complexity index is 715. The maximum Gasteiger partial charge on any atom is 0.254 e. The van der Waals surface area contributed by atoms with E-state index in [1.54, 1.807) is 11.0 Å². The summed E-state index contributed by atoms with van der Waals surface area (Å²) in [5.41, 5.74) is 8.79. The fraction of sp³-hybridized carbons (Fsp3) is 0.188. The Morgan fingerprint density at radius 3 is 2.71 bits per heavy atom. The van der Waals surface area contributed by atoms with Gasteiger partial charge in [0.2, 0.25) is 0 Å². The zero-order valence-electron chi connectivity index (χ0n) is 11.3. The monoisotopic (exact) mass is 288 g/mol. The predicted octanol–water partition coefficient (Wildman–Crippen LogP) is 2.75. The number of nitrogens with zero attached hydrogens (tertiary/aromatic N) is 1. The molecule has 1 aliphatic rings. The Hall–Kier alpha value is -2.43. The van der Waals surface area contributed by atoms with Crippen LogP contribution in [0.15, 0.2) is 36.4 Å². The number of nitrogen functional groups attached to an aromatic ring is 1. The largest absolute Gasteiger partial charge is 0.398 e. The third kappa shape index (κ3) is 2.46. The van der Waals surface area contributed by atoms with Crippen LogP contribution in [0.4, 0.5) is 14.5 Å². The van der Waals surface area contributed by atoms with Crippen molar-refractivity contribution < 1.29 is 13.6 Å². The van der Waals surface area contributed by atoms with Gasteiger partial charge in [0.1, 0.15) is 0 Å². The van der Waals surface area contributed by atoms with E-state index in [9.17, 15) is 13.6 Å². The van der Waals surface area contributed by atoms with E-state index in [-0.39, 0.29) is 11.5 Å². The third-order valence-corrected chi connectivity index (χ3v) is 3.76. The van der Waals surface area contributed by atoms with Crippen LogP contribution < -0.4 is 5.73 Å². The highest BCUT2D eigenvalue weighted by atomic mass is 19.2. The second-order valence-corrected chi connectivity index (χ2v) is 5.09. The van der Waals surface area contributed by atoms with Gasteiger partial charge in [0.05, 0.1) is 0 Å². The smallest absolute Gasteiger partial charge is 0.254 e. The number of anilines is 1. The minimum Gasteiger partial charge on any atom is -0.398 e. The first-order valence-corrected chi connectivity index (χ1v) is 6.67.